The molecule has 1 aliphatic heterocycles. The normalized spacial score (nSPS) is 21.6. The molecule has 0 radical (unpaired) electrons. The summed E-state index contributed by atoms with van der Waals surface area (Å²) in [6, 6.07) is 2.17. The molecular weight excluding hydrogens is 685 g/mol. The summed E-state index contributed by atoms with van der Waals surface area (Å²) in [5.74, 6) is -1.17. The first-order valence-electron chi connectivity index (χ1n) is 15.9. The van der Waals surface area contributed by atoms with Crippen LogP contribution in [0.4, 0.5) is 51.1 Å². The Kier molecular flexibility index (Phi) is 10.2. The van der Waals surface area contributed by atoms with Gasteiger partial charge in [-0.1, -0.05) is 12.0 Å². The molecule has 3 N–H and O–H groups in total. The quantitative estimate of drug-likeness (QED) is 0.266. The van der Waals surface area contributed by atoms with Gasteiger partial charge in [0.25, 0.3) is 5.95 Å². The highest BCUT2D eigenvalue weighted by Gasteiger charge is 2.44. The van der Waals surface area contributed by atoms with Crippen molar-refractivity contribution < 1.29 is 54.8 Å². The number of rotatable bonds is 8. The van der Waals surface area contributed by atoms with E-state index in [-0.39, 0.29) is 53.8 Å². The number of amides is 2. The number of halogens is 9. The zero-order valence-corrected chi connectivity index (χ0v) is 27.0. The van der Waals surface area contributed by atoms with Crippen LogP contribution in [0.25, 0.3) is 0 Å². The van der Waals surface area contributed by atoms with Crippen LogP contribution in [0, 0.1) is 11.8 Å². The third kappa shape index (κ3) is 8.05. The Morgan fingerprint density at radius 2 is 1.48 bits per heavy atom. The van der Waals surface area contributed by atoms with Crippen LogP contribution in [0.3, 0.4) is 0 Å². The molecule has 9 nitrogen and oxygen atoms in total. The van der Waals surface area contributed by atoms with Gasteiger partial charge in [0, 0.05) is 24.2 Å². The number of fused-ring (bicyclic) bond motifs is 1. The lowest BCUT2D eigenvalue weighted by Crippen LogP contribution is -2.57. The van der Waals surface area contributed by atoms with E-state index < -0.39 is 65.3 Å². The Hall–Kier alpha value is -4.22. The summed E-state index contributed by atoms with van der Waals surface area (Å²) in [5.41, 5.74) is -1.10. The fourth-order valence-corrected chi connectivity index (χ4v) is 7.00. The van der Waals surface area contributed by atoms with Crippen molar-refractivity contribution in [3.05, 3.63) is 64.2 Å². The largest absolute Gasteiger partial charge is 0.416 e. The first-order chi connectivity index (χ1) is 23.3. The molecule has 18 heteroatoms. The summed E-state index contributed by atoms with van der Waals surface area (Å²) in [6.07, 6.45) is -12.5. The molecule has 1 aromatic heterocycles. The van der Waals surface area contributed by atoms with Gasteiger partial charge in [0.1, 0.15) is 0 Å². The van der Waals surface area contributed by atoms with Crippen molar-refractivity contribution in [2.24, 2.45) is 18.9 Å². The maximum absolute atomic E-state index is 14.2. The summed E-state index contributed by atoms with van der Waals surface area (Å²) in [7, 11) is 1.37. The molecule has 1 saturated carbocycles. The monoisotopic (exact) mass is 720 g/mol. The van der Waals surface area contributed by atoms with E-state index in [4.69, 9.17) is 0 Å². The number of quaternary nitrogens is 1. The second kappa shape index (κ2) is 13.8. The Labute approximate surface area is 280 Å². The van der Waals surface area contributed by atoms with Crippen LogP contribution in [-0.4, -0.2) is 38.1 Å². The highest BCUT2D eigenvalue weighted by atomic mass is 19.4. The Bertz CT molecular complexity index is 1680. The van der Waals surface area contributed by atoms with E-state index in [0.717, 1.165) is 16.9 Å². The SMILES string of the molecule is CCC1CC(N(Cc2cc(C(F)(F)F)cc(C(F)(F)F)c2)c2nnn(C)n2)c2cc(C(F)(F)F)ccc2N1C(=O)C1CCC(CC([NH3+])=O)CC1. The minimum atomic E-state index is -5.14. The topological polar surface area (TPSA) is 112 Å². The molecule has 2 atom stereocenters. The fraction of sp³-hybridized carbons (Fsp3) is 0.531. The molecule has 1 aliphatic carbocycles. The number of carbonyl (C=O) groups is 2. The molecule has 5 rings (SSSR count). The van der Waals surface area contributed by atoms with E-state index >= 15 is 0 Å². The second-order valence-corrected chi connectivity index (χ2v) is 12.9. The highest BCUT2D eigenvalue weighted by Crippen LogP contribution is 2.47. The minimum Gasteiger partial charge on any atom is -0.327 e. The summed E-state index contributed by atoms with van der Waals surface area (Å²) in [6.45, 7) is 1.10. The number of aromatic nitrogens is 4. The van der Waals surface area contributed by atoms with Gasteiger partial charge in [-0.05, 0) is 97.2 Å². The fourth-order valence-electron chi connectivity index (χ4n) is 7.00. The van der Waals surface area contributed by atoms with Crippen molar-refractivity contribution in [2.75, 3.05) is 9.80 Å². The number of aryl methyl sites for hydroxylation is 1. The smallest absolute Gasteiger partial charge is 0.327 e. The van der Waals surface area contributed by atoms with E-state index in [2.05, 4.69) is 21.1 Å². The molecule has 2 aliphatic rings. The van der Waals surface area contributed by atoms with Gasteiger partial charge in [-0.3, -0.25) is 10.5 Å². The lowest BCUT2D eigenvalue weighted by Gasteiger charge is -2.46. The first kappa shape index (κ1) is 37.0. The number of carbonyl (C=O) groups excluding carboxylic acids is 2. The maximum atomic E-state index is 14.2. The van der Waals surface area contributed by atoms with Crippen LogP contribution in [0.5, 0.6) is 0 Å². The van der Waals surface area contributed by atoms with Gasteiger partial charge in [0.15, 0.2) is 0 Å². The van der Waals surface area contributed by atoms with Crippen molar-refractivity contribution in [1.29, 1.82) is 0 Å². The van der Waals surface area contributed by atoms with Gasteiger partial charge in [-0.25, -0.2) is 4.79 Å². The second-order valence-electron chi connectivity index (χ2n) is 12.9. The van der Waals surface area contributed by atoms with E-state index in [1.165, 1.54) is 22.9 Å². The van der Waals surface area contributed by atoms with Crippen LogP contribution in [0.2, 0.25) is 0 Å². The van der Waals surface area contributed by atoms with Crippen LogP contribution >= 0.6 is 0 Å². The molecule has 2 aromatic carbocycles. The number of hydrogen-bond acceptors (Lipinski definition) is 6. The van der Waals surface area contributed by atoms with Crippen molar-refractivity contribution in [3.63, 3.8) is 0 Å². The molecule has 0 bridgehead atoms. The summed E-state index contributed by atoms with van der Waals surface area (Å²) in [4.78, 5) is 29.4. The minimum absolute atomic E-state index is 0.0129. The number of alkyl halides is 9. The average molecular weight is 721 g/mol. The number of anilines is 2. The van der Waals surface area contributed by atoms with Gasteiger partial charge in [-0.15, -0.1) is 5.10 Å². The molecule has 3 aromatic rings. The maximum Gasteiger partial charge on any atom is 0.416 e. The molecule has 0 saturated heterocycles. The number of nitrogens with zero attached hydrogens (tertiary/aromatic N) is 6. The van der Waals surface area contributed by atoms with E-state index in [1.807, 2.05) is 0 Å². The Morgan fingerprint density at radius 1 is 0.880 bits per heavy atom. The number of benzene rings is 2. The lowest BCUT2D eigenvalue weighted by atomic mass is 9.78. The van der Waals surface area contributed by atoms with Gasteiger partial charge >= 0.3 is 24.4 Å². The van der Waals surface area contributed by atoms with Crippen molar-refractivity contribution >= 4 is 23.5 Å². The molecule has 272 valence electrons. The van der Waals surface area contributed by atoms with Crippen molar-refractivity contribution in [2.45, 2.75) is 89.0 Å². The van der Waals surface area contributed by atoms with Crippen LogP contribution < -0.4 is 15.5 Å². The summed E-state index contributed by atoms with van der Waals surface area (Å²) in [5, 5.41) is 11.8. The highest BCUT2D eigenvalue weighted by molar-refractivity contribution is 5.97. The predicted octanol–water partition coefficient (Wildman–Crippen LogP) is 6.49. The standard InChI is InChI=1S/C32H34F9N7O2/c1-3-23-15-26(47(29-43-45-46(2)44-29)16-18-10-21(31(36,37)38)13-22(11-18)32(39,40)41)24-14-20(30(33,34)35)8-9-25(24)48(23)28(50)19-6-4-17(5-7-19)12-27(42)49/h8-11,13-14,17,19,23,26H,3-7,12,15-16H2,1-2H3,(H2,42,49)/p+1. The number of tetrazole rings is 1. The zero-order chi connectivity index (χ0) is 36.8. The molecular formula is C32H35F9N7O2+. The van der Waals surface area contributed by atoms with Crippen LogP contribution in [0.1, 0.15) is 85.7 Å². The van der Waals surface area contributed by atoms with Gasteiger partial charge in [0.2, 0.25) is 5.91 Å². The number of hydrogen-bond donors (Lipinski definition) is 1. The zero-order valence-electron chi connectivity index (χ0n) is 27.0. The summed E-state index contributed by atoms with van der Waals surface area (Å²) >= 11 is 0. The van der Waals surface area contributed by atoms with Gasteiger partial charge < -0.3 is 9.80 Å². The van der Waals surface area contributed by atoms with E-state index in [9.17, 15) is 49.1 Å². The van der Waals surface area contributed by atoms with Gasteiger partial charge in [-0.2, -0.15) is 44.3 Å². The molecule has 2 heterocycles. The lowest BCUT2D eigenvalue weighted by molar-refractivity contribution is -0.307. The predicted molar refractivity (Wildman–Crippen MR) is 160 cm³/mol. The third-order valence-electron chi connectivity index (χ3n) is 9.39. The Balaban J connectivity index is 1.61. The van der Waals surface area contributed by atoms with E-state index in [0.29, 0.717) is 44.2 Å². The van der Waals surface area contributed by atoms with Crippen molar-refractivity contribution in [3.8, 4) is 0 Å². The summed E-state index contributed by atoms with van der Waals surface area (Å²) < 4.78 is 125. The Morgan fingerprint density at radius 3 is 1.98 bits per heavy atom. The van der Waals surface area contributed by atoms with Crippen LogP contribution in [-0.2, 0) is 41.7 Å². The molecule has 0 spiro atoms. The average Bonchev–Trinajstić information content (AvgIpc) is 3.46. The van der Waals surface area contributed by atoms with E-state index in [1.54, 1.807) is 6.92 Å². The molecule has 50 heavy (non-hydrogen) atoms. The third-order valence-corrected chi connectivity index (χ3v) is 9.39. The van der Waals surface area contributed by atoms with Crippen molar-refractivity contribution in [1.82, 2.24) is 20.2 Å². The first-order valence-corrected chi connectivity index (χ1v) is 15.9. The molecule has 1 fully saturated rings. The van der Waals surface area contributed by atoms with Crippen LogP contribution in [0.15, 0.2) is 36.4 Å². The molecule has 2 unspecified atom stereocenters. The van der Waals surface area contributed by atoms with Gasteiger partial charge in [0.05, 0.1) is 36.2 Å². The molecule has 2 amide bonds.